The summed E-state index contributed by atoms with van der Waals surface area (Å²) in [5.41, 5.74) is 4.60. The quantitative estimate of drug-likeness (QED) is 0.893. The zero-order valence-corrected chi connectivity index (χ0v) is 13.7. The lowest BCUT2D eigenvalue weighted by Crippen LogP contribution is -2.17. The van der Waals surface area contributed by atoms with Crippen LogP contribution < -0.4 is 4.90 Å². The van der Waals surface area contributed by atoms with Crippen molar-refractivity contribution in [1.29, 1.82) is 0 Å². The van der Waals surface area contributed by atoms with Crippen LogP contribution in [0.4, 0.5) is 5.69 Å². The van der Waals surface area contributed by atoms with Crippen molar-refractivity contribution in [2.24, 2.45) is 0 Å². The summed E-state index contributed by atoms with van der Waals surface area (Å²) in [5.74, 6) is 0. The molecule has 0 aromatic heterocycles. The SMILES string of the molecule is Cc1ccc(CN(C)c2ccc(C(C)O)cc2Br)cc1. The van der Waals surface area contributed by atoms with E-state index in [0.717, 1.165) is 22.3 Å². The van der Waals surface area contributed by atoms with Crippen LogP contribution in [0.3, 0.4) is 0 Å². The first-order valence-electron chi connectivity index (χ1n) is 6.71. The van der Waals surface area contributed by atoms with Gasteiger partial charge < -0.3 is 10.0 Å². The summed E-state index contributed by atoms with van der Waals surface area (Å²) in [6.07, 6.45) is -0.442. The van der Waals surface area contributed by atoms with Gasteiger partial charge in [0.2, 0.25) is 0 Å². The van der Waals surface area contributed by atoms with Crippen molar-refractivity contribution in [3.8, 4) is 0 Å². The van der Waals surface area contributed by atoms with Crippen LogP contribution in [0.5, 0.6) is 0 Å². The molecule has 1 atom stereocenters. The molecule has 0 heterocycles. The molecule has 1 N–H and O–H groups in total. The van der Waals surface area contributed by atoms with Crippen LogP contribution in [0.2, 0.25) is 0 Å². The predicted octanol–water partition coefficient (Wildman–Crippen LogP) is 4.45. The highest BCUT2D eigenvalue weighted by molar-refractivity contribution is 9.10. The maximum atomic E-state index is 9.60. The first kappa shape index (κ1) is 15.1. The molecule has 0 amide bonds. The molecular formula is C17H20BrNO. The summed E-state index contributed by atoms with van der Waals surface area (Å²) in [4.78, 5) is 2.20. The molecule has 0 bridgehead atoms. The molecule has 0 aliphatic carbocycles. The lowest BCUT2D eigenvalue weighted by atomic mass is 10.1. The zero-order valence-electron chi connectivity index (χ0n) is 12.1. The topological polar surface area (TPSA) is 23.5 Å². The van der Waals surface area contributed by atoms with E-state index in [9.17, 15) is 5.11 Å². The second-order valence-electron chi connectivity index (χ2n) is 5.23. The van der Waals surface area contributed by atoms with Crippen molar-refractivity contribution in [3.63, 3.8) is 0 Å². The second kappa shape index (κ2) is 6.42. The Morgan fingerprint density at radius 3 is 2.35 bits per heavy atom. The molecule has 106 valence electrons. The maximum absolute atomic E-state index is 9.60. The maximum Gasteiger partial charge on any atom is 0.0762 e. The van der Waals surface area contributed by atoms with Crippen LogP contribution in [-0.2, 0) is 6.54 Å². The highest BCUT2D eigenvalue weighted by Gasteiger charge is 2.09. The number of halogens is 1. The molecule has 0 radical (unpaired) electrons. The predicted molar refractivity (Wildman–Crippen MR) is 88.1 cm³/mol. The van der Waals surface area contributed by atoms with E-state index in [1.165, 1.54) is 11.1 Å². The van der Waals surface area contributed by atoms with E-state index in [1.54, 1.807) is 6.92 Å². The largest absolute Gasteiger partial charge is 0.389 e. The van der Waals surface area contributed by atoms with Crippen LogP contribution >= 0.6 is 15.9 Å². The van der Waals surface area contributed by atoms with Gasteiger partial charge >= 0.3 is 0 Å². The summed E-state index contributed by atoms with van der Waals surface area (Å²) in [5, 5.41) is 9.60. The van der Waals surface area contributed by atoms with E-state index in [4.69, 9.17) is 0 Å². The molecule has 0 aliphatic rings. The summed E-state index contributed by atoms with van der Waals surface area (Å²) >= 11 is 3.59. The van der Waals surface area contributed by atoms with E-state index in [1.807, 2.05) is 18.2 Å². The Hall–Kier alpha value is -1.32. The van der Waals surface area contributed by atoms with Crippen LogP contribution in [-0.4, -0.2) is 12.2 Å². The molecule has 2 aromatic rings. The van der Waals surface area contributed by atoms with Crippen LogP contribution in [0.15, 0.2) is 46.9 Å². The first-order chi connectivity index (χ1) is 9.47. The van der Waals surface area contributed by atoms with Crippen molar-refractivity contribution in [2.45, 2.75) is 26.5 Å². The molecule has 3 heteroatoms. The monoisotopic (exact) mass is 333 g/mol. The summed E-state index contributed by atoms with van der Waals surface area (Å²) in [6.45, 7) is 4.73. The lowest BCUT2D eigenvalue weighted by molar-refractivity contribution is 0.199. The second-order valence-corrected chi connectivity index (χ2v) is 6.08. The molecule has 0 saturated heterocycles. The molecule has 2 nitrogen and oxygen atoms in total. The molecule has 1 unspecified atom stereocenters. The summed E-state index contributed by atoms with van der Waals surface area (Å²) in [7, 11) is 2.07. The third-order valence-corrected chi connectivity index (χ3v) is 4.04. The van der Waals surface area contributed by atoms with Gasteiger partial charge in [0, 0.05) is 18.1 Å². The van der Waals surface area contributed by atoms with Gasteiger partial charge in [-0.15, -0.1) is 0 Å². The number of anilines is 1. The van der Waals surface area contributed by atoms with Crippen LogP contribution in [0.25, 0.3) is 0 Å². The fourth-order valence-electron chi connectivity index (χ4n) is 2.15. The normalized spacial score (nSPS) is 12.2. The van der Waals surface area contributed by atoms with E-state index < -0.39 is 6.10 Å². The Morgan fingerprint density at radius 1 is 1.15 bits per heavy atom. The Kier molecular flexibility index (Phi) is 4.84. The zero-order chi connectivity index (χ0) is 14.7. The van der Waals surface area contributed by atoms with Gasteiger partial charge in [-0.25, -0.2) is 0 Å². The van der Waals surface area contributed by atoms with E-state index in [-0.39, 0.29) is 0 Å². The number of aryl methyl sites for hydroxylation is 1. The Morgan fingerprint density at radius 2 is 1.80 bits per heavy atom. The smallest absolute Gasteiger partial charge is 0.0762 e. The minimum absolute atomic E-state index is 0.442. The minimum atomic E-state index is -0.442. The number of hydrogen-bond donors (Lipinski definition) is 1. The van der Waals surface area contributed by atoms with Crippen LogP contribution in [0.1, 0.15) is 29.7 Å². The van der Waals surface area contributed by atoms with Crippen molar-refractivity contribution >= 4 is 21.6 Å². The van der Waals surface area contributed by atoms with E-state index in [2.05, 4.69) is 59.1 Å². The van der Waals surface area contributed by atoms with Crippen molar-refractivity contribution in [2.75, 3.05) is 11.9 Å². The first-order valence-corrected chi connectivity index (χ1v) is 7.51. The standard InChI is InChI=1S/C17H20BrNO/c1-12-4-6-14(7-5-12)11-19(3)17-9-8-15(13(2)20)10-16(17)18/h4-10,13,20H,11H2,1-3H3. The van der Waals surface area contributed by atoms with Gasteiger partial charge in [-0.3, -0.25) is 0 Å². The Labute approximate surface area is 129 Å². The van der Waals surface area contributed by atoms with Gasteiger partial charge in [-0.2, -0.15) is 0 Å². The molecule has 0 saturated carbocycles. The van der Waals surface area contributed by atoms with Gasteiger partial charge in [0.05, 0.1) is 11.8 Å². The minimum Gasteiger partial charge on any atom is -0.389 e. The third kappa shape index (κ3) is 3.62. The van der Waals surface area contributed by atoms with Gasteiger partial charge in [0.15, 0.2) is 0 Å². The van der Waals surface area contributed by atoms with Gasteiger partial charge in [0.1, 0.15) is 0 Å². The fraction of sp³-hybridized carbons (Fsp3) is 0.294. The van der Waals surface area contributed by atoms with Gasteiger partial charge in [-0.1, -0.05) is 35.9 Å². The van der Waals surface area contributed by atoms with Crippen molar-refractivity contribution in [1.82, 2.24) is 0 Å². The highest BCUT2D eigenvalue weighted by atomic mass is 79.9. The molecule has 0 aliphatic heterocycles. The molecule has 2 aromatic carbocycles. The average Bonchev–Trinajstić information content (AvgIpc) is 2.41. The fourth-order valence-corrected chi connectivity index (χ4v) is 2.84. The number of rotatable bonds is 4. The lowest BCUT2D eigenvalue weighted by Gasteiger charge is -2.22. The number of aliphatic hydroxyl groups excluding tert-OH is 1. The number of benzene rings is 2. The number of hydrogen-bond acceptors (Lipinski definition) is 2. The number of nitrogens with zero attached hydrogens (tertiary/aromatic N) is 1. The molecule has 20 heavy (non-hydrogen) atoms. The molecule has 0 spiro atoms. The summed E-state index contributed by atoms with van der Waals surface area (Å²) in [6, 6.07) is 14.6. The van der Waals surface area contributed by atoms with Gasteiger partial charge in [-0.05, 0) is 53.0 Å². The molecular weight excluding hydrogens is 314 g/mol. The highest BCUT2D eigenvalue weighted by Crippen LogP contribution is 2.29. The average molecular weight is 334 g/mol. The number of aliphatic hydroxyl groups is 1. The Bertz CT molecular complexity index is 578. The molecule has 0 fully saturated rings. The molecule has 2 rings (SSSR count). The Balaban J connectivity index is 2.16. The van der Waals surface area contributed by atoms with Gasteiger partial charge in [0.25, 0.3) is 0 Å². The van der Waals surface area contributed by atoms with E-state index >= 15 is 0 Å². The third-order valence-electron chi connectivity index (χ3n) is 3.41. The van der Waals surface area contributed by atoms with Crippen molar-refractivity contribution in [3.05, 3.63) is 63.6 Å². The van der Waals surface area contributed by atoms with Crippen LogP contribution in [0, 0.1) is 6.92 Å². The van der Waals surface area contributed by atoms with E-state index in [0.29, 0.717) is 0 Å². The van der Waals surface area contributed by atoms with Crippen molar-refractivity contribution < 1.29 is 5.11 Å². The summed E-state index contributed by atoms with van der Waals surface area (Å²) < 4.78 is 1.01.